The number of halogens is 1. The van der Waals surface area contributed by atoms with E-state index >= 15 is 0 Å². The second kappa shape index (κ2) is 8.04. The molecular formula is C21H22FN3O3S. The average Bonchev–Trinajstić information content (AvgIpc) is 3.25. The van der Waals surface area contributed by atoms with E-state index in [0.29, 0.717) is 41.8 Å². The summed E-state index contributed by atoms with van der Waals surface area (Å²) >= 11 is 0. The molecule has 0 amide bonds. The van der Waals surface area contributed by atoms with Crippen LogP contribution >= 0.6 is 0 Å². The monoisotopic (exact) mass is 415 g/mol. The van der Waals surface area contributed by atoms with Crippen LogP contribution < -0.4 is 0 Å². The van der Waals surface area contributed by atoms with Crippen molar-refractivity contribution >= 4 is 10.0 Å². The Morgan fingerprint density at radius 2 is 1.83 bits per heavy atom. The molecule has 1 aromatic heterocycles. The zero-order chi connectivity index (χ0) is 20.4. The van der Waals surface area contributed by atoms with Crippen LogP contribution in [0.25, 0.3) is 11.5 Å². The molecule has 1 unspecified atom stereocenters. The Kier molecular flexibility index (Phi) is 5.47. The summed E-state index contributed by atoms with van der Waals surface area (Å²) in [6, 6.07) is 12.8. The van der Waals surface area contributed by atoms with Gasteiger partial charge in [0.2, 0.25) is 21.8 Å². The minimum atomic E-state index is -3.58. The first-order chi connectivity index (χ1) is 14.0. The molecule has 0 N–H and O–H groups in total. The summed E-state index contributed by atoms with van der Waals surface area (Å²) in [5.74, 6) is 0.199. The van der Waals surface area contributed by atoms with Crippen LogP contribution in [0.1, 0.15) is 37.1 Å². The van der Waals surface area contributed by atoms with Crippen molar-refractivity contribution in [3.8, 4) is 11.5 Å². The molecule has 1 atom stereocenters. The lowest BCUT2D eigenvalue weighted by atomic mass is 10.00. The summed E-state index contributed by atoms with van der Waals surface area (Å²) in [5, 5.41) is 8.17. The summed E-state index contributed by atoms with van der Waals surface area (Å²) in [4.78, 5) is 0.299. The maximum atomic E-state index is 13.1. The Hall–Kier alpha value is -2.58. The first-order valence-corrected chi connectivity index (χ1v) is 11.1. The van der Waals surface area contributed by atoms with Gasteiger partial charge in [0.15, 0.2) is 0 Å². The van der Waals surface area contributed by atoms with Crippen molar-refractivity contribution in [3.63, 3.8) is 0 Å². The van der Waals surface area contributed by atoms with Crippen molar-refractivity contribution in [2.24, 2.45) is 0 Å². The third-order valence-electron chi connectivity index (χ3n) is 5.23. The van der Waals surface area contributed by atoms with Gasteiger partial charge in [-0.1, -0.05) is 19.1 Å². The van der Waals surface area contributed by atoms with E-state index in [0.717, 1.165) is 18.4 Å². The molecule has 0 radical (unpaired) electrons. The third kappa shape index (κ3) is 4.09. The van der Waals surface area contributed by atoms with Gasteiger partial charge in [-0.25, -0.2) is 12.8 Å². The molecule has 2 aromatic carbocycles. The predicted molar refractivity (Wildman–Crippen MR) is 106 cm³/mol. The lowest BCUT2D eigenvalue weighted by Crippen LogP contribution is -2.39. The van der Waals surface area contributed by atoms with Crippen molar-refractivity contribution < 1.29 is 17.2 Å². The van der Waals surface area contributed by atoms with Crippen molar-refractivity contribution in [1.29, 1.82) is 0 Å². The van der Waals surface area contributed by atoms with Gasteiger partial charge in [-0.3, -0.25) is 0 Å². The van der Waals surface area contributed by atoms with Gasteiger partial charge in [0.25, 0.3) is 0 Å². The van der Waals surface area contributed by atoms with Gasteiger partial charge in [0.1, 0.15) is 5.82 Å². The topological polar surface area (TPSA) is 76.3 Å². The van der Waals surface area contributed by atoms with Crippen LogP contribution in [0.2, 0.25) is 0 Å². The number of aryl methyl sites for hydroxylation is 1. The van der Waals surface area contributed by atoms with E-state index in [1.54, 1.807) is 24.3 Å². The lowest BCUT2D eigenvalue weighted by Gasteiger charge is -2.30. The number of rotatable bonds is 5. The van der Waals surface area contributed by atoms with Crippen molar-refractivity contribution in [2.75, 3.05) is 13.1 Å². The maximum Gasteiger partial charge on any atom is 0.247 e. The summed E-state index contributed by atoms with van der Waals surface area (Å²) in [6.07, 6.45) is 2.34. The standard InChI is InChI=1S/C21H22FN3O3S/c1-2-15-5-11-19(12-6-15)29(26,27)25-13-3-4-17(14-25)21-24-23-20(28-21)16-7-9-18(22)10-8-16/h5-12,17H,2-4,13-14H2,1H3. The highest BCUT2D eigenvalue weighted by Gasteiger charge is 2.33. The van der Waals surface area contributed by atoms with Gasteiger partial charge < -0.3 is 4.42 Å². The average molecular weight is 415 g/mol. The Balaban J connectivity index is 1.53. The molecule has 152 valence electrons. The maximum absolute atomic E-state index is 13.1. The van der Waals surface area contributed by atoms with Crippen LogP contribution in [0.15, 0.2) is 57.8 Å². The van der Waals surface area contributed by atoms with Crippen LogP contribution in [-0.2, 0) is 16.4 Å². The summed E-state index contributed by atoms with van der Waals surface area (Å²) in [7, 11) is -3.58. The van der Waals surface area contributed by atoms with Gasteiger partial charge >= 0.3 is 0 Å². The van der Waals surface area contributed by atoms with Crippen LogP contribution in [0.5, 0.6) is 0 Å². The highest BCUT2D eigenvalue weighted by Crippen LogP contribution is 2.31. The molecule has 0 aliphatic carbocycles. The number of hydrogen-bond acceptors (Lipinski definition) is 5. The molecule has 1 aliphatic heterocycles. The van der Waals surface area contributed by atoms with E-state index in [2.05, 4.69) is 10.2 Å². The molecule has 0 saturated carbocycles. The van der Waals surface area contributed by atoms with Crippen molar-refractivity contribution in [1.82, 2.24) is 14.5 Å². The highest BCUT2D eigenvalue weighted by molar-refractivity contribution is 7.89. The molecule has 0 bridgehead atoms. The van der Waals surface area contributed by atoms with E-state index in [1.807, 2.05) is 19.1 Å². The Labute approximate surface area is 169 Å². The SMILES string of the molecule is CCc1ccc(S(=O)(=O)N2CCCC(c3nnc(-c4ccc(F)cc4)o3)C2)cc1. The van der Waals surface area contributed by atoms with Crippen molar-refractivity contribution in [2.45, 2.75) is 37.0 Å². The fourth-order valence-corrected chi connectivity index (χ4v) is 5.04. The van der Waals surface area contributed by atoms with E-state index in [-0.39, 0.29) is 11.7 Å². The molecule has 4 rings (SSSR count). The zero-order valence-corrected chi connectivity index (χ0v) is 16.9. The minimum Gasteiger partial charge on any atom is -0.420 e. The van der Waals surface area contributed by atoms with E-state index in [9.17, 15) is 12.8 Å². The summed E-state index contributed by atoms with van der Waals surface area (Å²) in [6.45, 7) is 2.79. The Morgan fingerprint density at radius 3 is 2.52 bits per heavy atom. The molecule has 0 spiro atoms. The van der Waals surface area contributed by atoms with Gasteiger partial charge in [0, 0.05) is 18.7 Å². The second-order valence-corrected chi connectivity index (χ2v) is 9.09. The van der Waals surface area contributed by atoms with Crippen molar-refractivity contribution in [3.05, 3.63) is 65.8 Å². The fraction of sp³-hybridized carbons (Fsp3) is 0.333. The largest absolute Gasteiger partial charge is 0.420 e. The molecule has 1 saturated heterocycles. The van der Waals surface area contributed by atoms with Gasteiger partial charge in [-0.05, 0) is 61.2 Å². The number of nitrogens with zero attached hydrogens (tertiary/aromatic N) is 3. The van der Waals surface area contributed by atoms with Crippen LogP contribution in [-0.4, -0.2) is 36.0 Å². The molecule has 8 heteroatoms. The smallest absolute Gasteiger partial charge is 0.247 e. The quantitative estimate of drug-likeness (QED) is 0.629. The summed E-state index contributed by atoms with van der Waals surface area (Å²) in [5.41, 5.74) is 1.72. The Bertz CT molecular complexity index is 1080. The number of benzene rings is 2. The third-order valence-corrected chi connectivity index (χ3v) is 7.11. The molecule has 1 fully saturated rings. The molecule has 2 heterocycles. The molecular weight excluding hydrogens is 393 g/mol. The summed E-state index contributed by atoms with van der Waals surface area (Å²) < 4.78 is 46.5. The normalized spacial score (nSPS) is 18.1. The number of piperidine rings is 1. The van der Waals surface area contributed by atoms with E-state index in [4.69, 9.17) is 4.42 Å². The molecule has 29 heavy (non-hydrogen) atoms. The lowest BCUT2D eigenvalue weighted by molar-refractivity contribution is 0.286. The van der Waals surface area contributed by atoms with Gasteiger partial charge in [-0.15, -0.1) is 10.2 Å². The number of hydrogen-bond donors (Lipinski definition) is 0. The zero-order valence-electron chi connectivity index (χ0n) is 16.1. The fourth-order valence-electron chi connectivity index (χ4n) is 3.52. The first-order valence-electron chi connectivity index (χ1n) is 9.66. The first kappa shape index (κ1) is 19.7. The van der Waals surface area contributed by atoms with E-state index in [1.165, 1.54) is 16.4 Å². The molecule has 6 nitrogen and oxygen atoms in total. The van der Waals surface area contributed by atoms with E-state index < -0.39 is 10.0 Å². The molecule has 3 aromatic rings. The number of aromatic nitrogens is 2. The van der Waals surface area contributed by atoms with Gasteiger partial charge in [0.05, 0.1) is 10.8 Å². The predicted octanol–water partition coefficient (Wildman–Crippen LogP) is 4.01. The minimum absolute atomic E-state index is 0.171. The van der Waals surface area contributed by atoms with Crippen LogP contribution in [0.4, 0.5) is 4.39 Å². The van der Waals surface area contributed by atoms with Crippen LogP contribution in [0, 0.1) is 5.82 Å². The number of sulfonamides is 1. The molecule has 1 aliphatic rings. The van der Waals surface area contributed by atoms with Gasteiger partial charge in [-0.2, -0.15) is 4.31 Å². The highest BCUT2D eigenvalue weighted by atomic mass is 32.2. The second-order valence-electron chi connectivity index (χ2n) is 7.15. The van der Waals surface area contributed by atoms with Crippen LogP contribution in [0.3, 0.4) is 0 Å². The Morgan fingerprint density at radius 1 is 1.10 bits per heavy atom.